The van der Waals surface area contributed by atoms with Gasteiger partial charge >= 0.3 is 10.0 Å². The Balaban J connectivity index is 0.000000238. The Hall–Kier alpha value is -7.31. The van der Waals surface area contributed by atoms with E-state index in [1.165, 1.54) is 43.5 Å². The summed E-state index contributed by atoms with van der Waals surface area (Å²) >= 11 is 0. The maximum absolute atomic E-state index is 7.46. The number of hydrogen-bond acceptors (Lipinski definition) is 8. The molecule has 21 heteroatoms. The molecule has 13 rings (SSSR count). The lowest BCUT2D eigenvalue weighted by Crippen LogP contribution is -3.00. The molecule has 2 aliphatic rings. The van der Waals surface area contributed by atoms with Gasteiger partial charge in [0, 0.05) is 43.8 Å². The quantitative estimate of drug-likeness (QED) is 0.106. The first-order valence-electron chi connectivity index (χ1n) is 31.5. The van der Waals surface area contributed by atoms with Crippen LogP contribution in [-0.4, -0.2) is 151 Å². The Morgan fingerprint density at radius 2 is 0.516 bits per heavy atom. The van der Waals surface area contributed by atoms with E-state index in [2.05, 4.69) is 205 Å². The van der Waals surface area contributed by atoms with Crippen LogP contribution >= 0.6 is 0 Å². The standard InChI is InChI=1S/C42H66N4O2Si3.C32H18N8.4ClH/c1-15-33-50(39-25-17-35(18-26-39)43(3,4)5,40-27-19-36(20-28-40)44(6,7)8)47-49-48-51(34-16-2,41-29-21-37(22-30-41)45(9,10)11)42-31-23-38(24-32-42)46(12,13)14;1-2-10-18-17(9-1)25-33-26(18)38-28-21-13-5-6-14-22(21)30(35-28)40-32-24-16-8-7-15-23(24)31(36-32)39-29-20-12-4-3-11-19(20)27(34-29)37-25;;;;/h17-32H,15-16,33-34H2,1-14H3;1-16H,(H2,33,34,35,36,37,38,39,40);4*1H/q+4;;;;;/p-4. The third-order valence-corrected chi connectivity index (χ3v) is 28.5. The Labute approximate surface area is 588 Å². The van der Waals surface area contributed by atoms with Gasteiger partial charge < -0.3 is 67.8 Å². The van der Waals surface area contributed by atoms with E-state index >= 15 is 0 Å². The summed E-state index contributed by atoms with van der Waals surface area (Å²) in [5, 5.41) is 9.04. The SMILES string of the molecule is CCC[Si](O[Si]O[Si](CCC)(c1ccc([N+](C)(C)C)cc1)c1ccc([N+](C)(C)C)cc1)(c1ccc([N+](C)(C)C)cc1)c1ccc([N+](C)(C)C)cc1.[Cl-].[Cl-].[Cl-].[Cl-].c1ccc2c(c1)-c1nc-2nc2[nH]c(nc3nc(nc4[nH]c(n1)c1ccccc41)-c1ccccc1-3)c1ccccc21. The number of benzene rings is 8. The summed E-state index contributed by atoms with van der Waals surface area (Å²) in [5.74, 6) is 2.39. The van der Waals surface area contributed by atoms with E-state index in [1.807, 2.05) is 97.1 Å². The predicted octanol–water partition coefficient (Wildman–Crippen LogP) is 0.566. The Morgan fingerprint density at radius 3 is 0.716 bits per heavy atom. The highest BCUT2D eigenvalue weighted by Gasteiger charge is 2.44. The number of aromatic amines is 2. The van der Waals surface area contributed by atoms with Crippen LogP contribution in [0.1, 0.15) is 26.7 Å². The third kappa shape index (κ3) is 14.8. The molecule has 8 aromatic carbocycles. The normalized spacial score (nSPS) is 12.3. The van der Waals surface area contributed by atoms with Crippen molar-refractivity contribution < 1.29 is 57.9 Å². The van der Waals surface area contributed by atoms with Crippen molar-refractivity contribution in [1.82, 2.24) is 57.8 Å². The predicted molar refractivity (Wildman–Crippen MR) is 388 cm³/mol. The minimum absolute atomic E-state index is 0. The second-order valence-corrected chi connectivity index (χ2v) is 35.9. The van der Waals surface area contributed by atoms with Crippen molar-refractivity contribution in [1.29, 1.82) is 0 Å². The van der Waals surface area contributed by atoms with E-state index in [4.69, 9.17) is 38.1 Å². The van der Waals surface area contributed by atoms with Crippen molar-refractivity contribution in [3.63, 3.8) is 0 Å². The van der Waals surface area contributed by atoms with Crippen molar-refractivity contribution >= 4 is 114 Å². The smallest absolute Gasteiger partial charge is 0.410 e. The number of quaternary nitrogens is 4. The number of nitrogens with zero attached hydrogens (tertiary/aromatic N) is 10. The van der Waals surface area contributed by atoms with Crippen LogP contribution < -0.4 is 88.3 Å². The van der Waals surface area contributed by atoms with Crippen LogP contribution in [0.4, 0.5) is 22.7 Å². The van der Waals surface area contributed by atoms with Crippen LogP contribution in [0.2, 0.25) is 12.1 Å². The Morgan fingerprint density at radius 1 is 0.305 bits per heavy atom. The highest BCUT2D eigenvalue weighted by Crippen LogP contribution is 2.37. The molecule has 2 radical (unpaired) electrons. The van der Waals surface area contributed by atoms with Gasteiger partial charge in [0.1, 0.15) is 45.3 Å². The van der Waals surface area contributed by atoms with Gasteiger partial charge in [-0.2, -0.15) is 0 Å². The fraction of sp³-hybridized carbons (Fsp3) is 0.243. The summed E-state index contributed by atoms with van der Waals surface area (Å²) in [6.45, 7) is 4.58. The largest absolute Gasteiger partial charge is 1.00 e. The number of halogens is 4. The van der Waals surface area contributed by atoms with Gasteiger partial charge in [0.25, 0.3) is 0 Å². The van der Waals surface area contributed by atoms with Crippen molar-refractivity contribution in [3.8, 4) is 45.6 Å². The number of fused-ring (bicyclic) bond motifs is 20. The fourth-order valence-electron chi connectivity index (χ4n) is 12.4. The van der Waals surface area contributed by atoms with Crippen LogP contribution in [0.3, 0.4) is 0 Å². The first-order valence-corrected chi connectivity index (χ1v) is 36.5. The fourth-order valence-corrected chi connectivity index (χ4v) is 22.8. The van der Waals surface area contributed by atoms with Gasteiger partial charge in [0.2, 0.25) is 16.6 Å². The van der Waals surface area contributed by atoms with Gasteiger partial charge in [-0.15, -0.1) is 0 Å². The molecule has 0 spiro atoms. The molecule has 11 aromatic rings. The maximum atomic E-state index is 7.46. The molecule has 5 heterocycles. The lowest BCUT2D eigenvalue weighted by Gasteiger charge is -2.37. The van der Waals surface area contributed by atoms with E-state index in [9.17, 15) is 0 Å². The van der Waals surface area contributed by atoms with E-state index in [0.717, 1.165) is 86.7 Å². The van der Waals surface area contributed by atoms with Gasteiger partial charge in [0.05, 0.1) is 84.6 Å². The van der Waals surface area contributed by atoms with Crippen LogP contribution in [0, 0.1) is 0 Å². The third-order valence-electron chi connectivity index (χ3n) is 17.5. The van der Waals surface area contributed by atoms with Gasteiger partial charge in [-0.3, -0.25) is 17.9 Å². The highest BCUT2D eigenvalue weighted by atomic mass is 35.5. The van der Waals surface area contributed by atoms with Crippen LogP contribution in [-0.2, 0) is 8.23 Å². The minimum atomic E-state index is -2.71. The lowest BCUT2D eigenvalue weighted by molar-refractivity contribution is -0.00100. The van der Waals surface area contributed by atoms with Crippen molar-refractivity contribution in [3.05, 3.63) is 194 Å². The molecule has 95 heavy (non-hydrogen) atoms. The van der Waals surface area contributed by atoms with Gasteiger partial charge in [0.15, 0.2) is 23.3 Å². The van der Waals surface area contributed by atoms with E-state index in [-0.39, 0.29) is 59.6 Å². The summed E-state index contributed by atoms with van der Waals surface area (Å²) in [7, 11) is 21.1. The number of H-pyrrole nitrogens is 2. The topological polar surface area (TPSA) is 127 Å². The molecule has 3 aromatic heterocycles. The summed E-state index contributed by atoms with van der Waals surface area (Å²) < 4.78 is 18.0. The zero-order valence-electron chi connectivity index (χ0n) is 56.6. The van der Waals surface area contributed by atoms with Gasteiger partial charge in [-0.05, 0) is 81.4 Å². The summed E-state index contributed by atoms with van der Waals surface area (Å²) in [6, 6.07) is 71.2. The number of hydrogen-bond donors (Lipinski definition) is 2. The molecule has 2 aliphatic heterocycles. The number of nitrogens with one attached hydrogen (secondary N) is 2. The second-order valence-electron chi connectivity index (χ2n) is 27.5. The van der Waals surface area contributed by atoms with E-state index in [1.54, 1.807) is 0 Å². The van der Waals surface area contributed by atoms with Crippen LogP contribution in [0.5, 0.6) is 0 Å². The van der Waals surface area contributed by atoms with E-state index < -0.39 is 16.6 Å². The monoisotopic (exact) mass is 1400 g/mol. The van der Waals surface area contributed by atoms with Crippen LogP contribution in [0.15, 0.2) is 194 Å². The van der Waals surface area contributed by atoms with Crippen LogP contribution in [0.25, 0.3) is 89.7 Å². The molecule has 14 nitrogen and oxygen atoms in total. The average Bonchev–Trinajstić information content (AvgIpc) is 1.72. The molecule has 8 bridgehead atoms. The van der Waals surface area contributed by atoms with Crippen molar-refractivity contribution in [2.45, 2.75) is 38.8 Å². The number of rotatable bonds is 16. The minimum Gasteiger partial charge on any atom is -1.00 e. The summed E-state index contributed by atoms with van der Waals surface area (Å²) in [5.41, 5.74) is 11.6. The Bertz CT molecular complexity index is 4100. The second kappa shape index (κ2) is 29.2. The van der Waals surface area contributed by atoms with Crippen molar-refractivity contribution in [2.75, 3.05) is 84.6 Å². The first kappa shape index (κ1) is 73.5. The van der Waals surface area contributed by atoms with Crippen molar-refractivity contribution in [2.24, 2.45) is 0 Å². The zero-order chi connectivity index (χ0) is 64.1. The number of aromatic nitrogens is 8. The van der Waals surface area contributed by atoms with E-state index in [0.29, 0.717) is 45.9 Å². The Kier molecular flexibility index (Phi) is 22.6. The molecular weight excluding hydrogens is 1310 g/mol. The molecule has 0 fully saturated rings. The maximum Gasteiger partial charge on any atom is 0.410 e. The molecule has 0 aliphatic carbocycles. The molecule has 0 atom stereocenters. The molecule has 0 saturated carbocycles. The molecule has 492 valence electrons. The average molecular weight is 1400 g/mol. The van der Waals surface area contributed by atoms with Gasteiger partial charge in [-0.1, -0.05) is 172 Å². The highest BCUT2D eigenvalue weighted by molar-refractivity contribution is 7.02. The molecule has 2 N–H and O–H groups in total. The lowest BCUT2D eigenvalue weighted by atomic mass is 10.1. The molecule has 0 saturated heterocycles. The first-order chi connectivity index (χ1) is 43.5. The zero-order valence-corrected chi connectivity index (χ0v) is 62.6. The molecular formula is C74H84Cl4N12O2Si3. The summed E-state index contributed by atoms with van der Waals surface area (Å²) in [6.07, 6.45) is 2.06. The molecule has 0 amide bonds. The molecule has 0 unspecified atom stereocenters. The summed E-state index contributed by atoms with van der Waals surface area (Å²) in [4.78, 5) is 36.8. The van der Waals surface area contributed by atoms with Gasteiger partial charge in [-0.25, -0.2) is 29.9 Å².